The average molecular weight is 379 g/mol. The highest BCUT2D eigenvalue weighted by Crippen LogP contribution is 2.31. The fourth-order valence-corrected chi connectivity index (χ4v) is 3.16. The van der Waals surface area contributed by atoms with E-state index < -0.39 is 10.8 Å². The lowest BCUT2D eigenvalue weighted by molar-refractivity contribution is -0.384. The van der Waals surface area contributed by atoms with E-state index in [9.17, 15) is 14.9 Å². The van der Waals surface area contributed by atoms with Gasteiger partial charge in [-0.2, -0.15) is 5.10 Å². The quantitative estimate of drug-likeness (QED) is 0.534. The minimum absolute atomic E-state index is 0.0609. The van der Waals surface area contributed by atoms with Gasteiger partial charge < -0.3 is 10.2 Å². The summed E-state index contributed by atoms with van der Waals surface area (Å²) in [5.74, 6) is 0.118. The molecule has 4 rings (SSSR count). The molecule has 10 heteroatoms. The Morgan fingerprint density at radius 2 is 2.00 bits per heavy atom. The summed E-state index contributed by atoms with van der Waals surface area (Å²) in [4.78, 5) is 33.6. The van der Waals surface area contributed by atoms with Crippen LogP contribution in [0, 0.1) is 10.1 Å². The van der Waals surface area contributed by atoms with E-state index in [-0.39, 0.29) is 11.3 Å². The normalized spacial score (nSPS) is 13.5. The third-order valence-electron chi connectivity index (χ3n) is 4.54. The monoisotopic (exact) mass is 379 g/mol. The lowest BCUT2D eigenvalue weighted by Gasteiger charge is -2.17. The van der Waals surface area contributed by atoms with Gasteiger partial charge in [0.1, 0.15) is 18.3 Å². The van der Waals surface area contributed by atoms with Crippen LogP contribution in [0.25, 0.3) is 5.82 Å². The van der Waals surface area contributed by atoms with Crippen LogP contribution < -0.4 is 10.2 Å². The van der Waals surface area contributed by atoms with Gasteiger partial charge in [-0.25, -0.2) is 14.6 Å². The van der Waals surface area contributed by atoms with Crippen LogP contribution in [0.15, 0.2) is 49.2 Å². The number of nitrogens with one attached hydrogen (secondary N) is 1. The fraction of sp³-hybridized carbons (Fsp3) is 0.222. The standard InChI is InChI=1S/C18H17N7O3/c26-18(22-14-4-6-17(20-10-14)24-12-19-11-21-24)13-3-5-15(16(9-13)25(27)28)23-7-1-2-8-23/h3-6,9-12H,1-2,7-8H2,(H,22,26). The molecular weight excluding hydrogens is 362 g/mol. The van der Waals surface area contributed by atoms with E-state index in [0.29, 0.717) is 17.2 Å². The number of benzene rings is 1. The van der Waals surface area contributed by atoms with Gasteiger partial charge in [0.25, 0.3) is 11.6 Å². The first kappa shape index (κ1) is 17.6. The van der Waals surface area contributed by atoms with E-state index >= 15 is 0 Å². The van der Waals surface area contributed by atoms with Gasteiger partial charge >= 0.3 is 0 Å². The third kappa shape index (κ3) is 3.52. The van der Waals surface area contributed by atoms with Crippen molar-refractivity contribution >= 4 is 23.0 Å². The molecule has 3 aromatic rings. The zero-order valence-corrected chi connectivity index (χ0v) is 14.9. The molecule has 0 atom stereocenters. The van der Waals surface area contributed by atoms with Gasteiger partial charge in [-0.05, 0) is 37.1 Å². The molecule has 1 aliphatic heterocycles. The van der Waals surface area contributed by atoms with E-state index in [1.54, 1.807) is 24.3 Å². The number of hydrogen-bond acceptors (Lipinski definition) is 7. The van der Waals surface area contributed by atoms with Crippen molar-refractivity contribution < 1.29 is 9.72 Å². The molecule has 1 amide bonds. The van der Waals surface area contributed by atoms with Gasteiger partial charge in [0.2, 0.25) is 0 Å². The topological polar surface area (TPSA) is 119 Å². The van der Waals surface area contributed by atoms with Crippen molar-refractivity contribution in [1.29, 1.82) is 0 Å². The van der Waals surface area contributed by atoms with Crippen molar-refractivity contribution in [2.75, 3.05) is 23.3 Å². The van der Waals surface area contributed by atoms with Gasteiger partial charge in [0.05, 0.1) is 16.8 Å². The SMILES string of the molecule is O=C(Nc1ccc(-n2cncn2)nc1)c1ccc(N2CCCC2)c([N+](=O)[O-])c1. The van der Waals surface area contributed by atoms with E-state index in [2.05, 4.69) is 20.4 Å². The Morgan fingerprint density at radius 1 is 1.18 bits per heavy atom. The Labute approximate surface area is 160 Å². The Bertz CT molecular complexity index is 997. The third-order valence-corrected chi connectivity index (χ3v) is 4.54. The van der Waals surface area contributed by atoms with Crippen LogP contribution in [0.2, 0.25) is 0 Å². The Hall–Kier alpha value is -3.82. The summed E-state index contributed by atoms with van der Waals surface area (Å²) < 4.78 is 1.49. The van der Waals surface area contributed by atoms with Crippen molar-refractivity contribution in [3.63, 3.8) is 0 Å². The molecule has 0 bridgehead atoms. The van der Waals surface area contributed by atoms with Crippen molar-refractivity contribution in [2.24, 2.45) is 0 Å². The molecule has 1 fully saturated rings. The van der Waals surface area contributed by atoms with Gasteiger partial charge in [-0.15, -0.1) is 0 Å². The summed E-state index contributed by atoms with van der Waals surface area (Å²) in [7, 11) is 0. The van der Waals surface area contributed by atoms with Crippen LogP contribution in [0.3, 0.4) is 0 Å². The molecule has 1 aromatic carbocycles. The minimum Gasteiger partial charge on any atom is -0.366 e. The Balaban J connectivity index is 1.53. The first-order valence-electron chi connectivity index (χ1n) is 8.77. The molecular formula is C18H17N7O3. The molecule has 0 spiro atoms. The number of amides is 1. The Morgan fingerprint density at radius 3 is 2.64 bits per heavy atom. The zero-order valence-electron chi connectivity index (χ0n) is 14.9. The van der Waals surface area contributed by atoms with Gasteiger partial charge in [-0.1, -0.05) is 0 Å². The molecule has 0 aliphatic carbocycles. The summed E-state index contributed by atoms with van der Waals surface area (Å²) in [6, 6.07) is 7.93. The number of aromatic nitrogens is 4. The first-order valence-corrected chi connectivity index (χ1v) is 8.77. The maximum atomic E-state index is 12.5. The number of nitro benzene ring substituents is 1. The molecule has 28 heavy (non-hydrogen) atoms. The summed E-state index contributed by atoms with van der Waals surface area (Å²) in [6.07, 6.45) is 6.42. The molecule has 3 heterocycles. The number of anilines is 2. The number of hydrogen-bond donors (Lipinski definition) is 1. The van der Waals surface area contributed by atoms with Crippen LogP contribution in [0.1, 0.15) is 23.2 Å². The number of nitrogens with zero attached hydrogens (tertiary/aromatic N) is 6. The second-order valence-electron chi connectivity index (χ2n) is 6.35. The average Bonchev–Trinajstić information content (AvgIpc) is 3.42. The molecule has 2 aromatic heterocycles. The number of rotatable bonds is 5. The van der Waals surface area contributed by atoms with Crippen LogP contribution in [0.4, 0.5) is 17.1 Å². The predicted octanol–water partition coefficient (Wildman–Crippen LogP) is 2.42. The van der Waals surface area contributed by atoms with Crippen molar-refractivity contribution in [3.8, 4) is 5.82 Å². The van der Waals surface area contributed by atoms with E-state index in [1.807, 2.05) is 4.90 Å². The van der Waals surface area contributed by atoms with Gasteiger partial charge in [-0.3, -0.25) is 14.9 Å². The maximum Gasteiger partial charge on any atom is 0.293 e. The van der Waals surface area contributed by atoms with Crippen LogP contribution in [0.5, 0.6) is 0 Å². The summed E-state index contributed by atoms with van der Waals surface area (Å²) in [5.41, 5.74) is 1.18. The fourth-order valence-electron chi connectivity index (χ4n) is 3.16. The highest BCUT2D eigenvalue weighted by molar-refractivity contribution is 6.05. The minimum atomic E-state index is -0.446. The van der Waals surface area contributed by atoms with Crippen LogP contribution in [-0.2, 0) is 0 Å². The predicted molar refractivity (Wildman–Crippen MR) is 102 cm³/mol. The summed E-state index contributed by atoms with van der Waals surface area (Å²) in [5, 5.41) is 18.2. The molecule has 1 aliphatic rings. The molecule has 1 N–H and O–H groups in total. The van der Waals surface area contributed by atoms with Gasteiger partial charge in [0.15, 0.2) is 5.82 Å². The number of carbonyl (C=O) groups excluding carboxylic acids is 1. The maximum absolute atomic E-state index is 12.5. The molecule has 10 nitrogen and oxygen atoms in total. The van der Waals surface area contributed by atoms with E-state index in [4.69, 9.17) is 0 Å². The number of nitro groups is 1. The largest absolute Gasteiger partial charge is 0.366 e. The molecule has 1 saturated heterocycles. The van der Waals surface area contributed by atoms with E-state index in [1.165, 1.54) is 29.6 Å². The van der Waals surface area contributed by atoms with Crippen LogP contribution >= 0.6 is 0 Å². The number of pyridine rings is 1. The first-order chi connectivity index (χ1) is 13.6. The molecule has 0 saturated carbocycles. The van der Waals surface area contributed by atoms with E-state index in [0.717, 1.165) is 25.9 Å². The highest BCUT2D eigenvalue weighted by Gasteiger charge is 2.23. The lowest BCUT2D eigenvalue weighted by Crippen LogP contribution is -2.19. The number of carbonyl (C=O) groups is 1. The Kier molecular flexibility index (Phi) is 4.67. The summed E-state index contributed by atoms with van der Waals surface area (Å²) in [6.45, 7) is 1.58. The van der Waals surface area contributed by atoms with Crippen molar-refractivity contribution in [1.82, 2.24) is 19.7 Å². The summed E-state index contributed by atoms with van der Waals surface area (Å²) >= 11 is 0. The highest BCUT2D eigenvalue weighted by atomic mass is 16.6. The molecule has 0 unspecified atom stereocenters. The van der Waals surface area contributed by atoms with Crippen molar-refractivity contribution in [2.45, 2.75) is 12.8 Å². The molecule has 142 valence electrons. The van der Waals surface area contributed by atoms with Crippen molar-refractivity contribution in [3.05, 3.63) is 64.9 Å². The smallest absolute Gasteiger partial charge is 0.293 e. The van der Waals surface area contributed by atoms with Gasteiger partial charge in [0, 0.05) is 24.7 Å². The zero-order chi connectivity index (χ0) is 19.5. The lowest BCUT2D eigenvalue weighted by atomic mass is 10.1. The molecule has 0 radical (unpaired) electrons. The second kappa shape index (κ2) is 7.43. The van der Waals surface area contributed by atoms with Crippen LogP contribution in [-0.4, -0.2) is 43.7 Å². The second-order valence-corrected chi connectivity index (χ2v) is 6.35.